The van der Waals surface area contributed by atoms with Crippen LogP contribution < -0.4 is 5.32 Å². The van der Waals surface area contributed by atoms with Crippen LogP contribution in [0.2, 0.25) is 0 Å². The number of rotatable bonds is 13. The lowest BCUT2D eigenvalue weighted by Gasteiger charge is -2.05. The largest absolute Gasteiger partial charge is 0.380 e. The van der Waals surface area contributed by atoms with Crippen LogP contribution in [0.15, 0.2) is 12.7 Å². The topological polar surface area (TPSA) is 21.3 Å². The van der Waals surface area contributed by atoms with Gasteiger partial charge in [-0.3, -0.25) is 0 Å². The summed E-state index contributed by atoms with van der Waals surface area (Å²) in [7, 11) is 0. The SMILES string of the molecule is C=CCCOCCNCCCCCCCC. The van der Waals surface area contributed by atoms with Crippen LogP contribution >= 0.6 is 0 Å². The van der Waals surface area contributed by atoms with Crippen LogP contribution in [0.3, 0.4) is 0 Å². The Bertz CT molecular complexity index is 137. The molecule has 16 heavy (non-hydrogen) atoms. The molecule has 0 saturated heterocycles. The molecule has 0 heterocycles. The minimum atomic E-state index is 0.808. The van der Waals surface area contributed by atoms with Crippen molar-refractivity contribution in [3.8, 4) is 0 Å². The lowest BCUT2D eigenvalue weighted by molar-refractivity contribution is 0.140. The molecule has 0 aliphatic rings. The smallest absolute Gasteiger partial charge is 0.0591 e. The average molecular weight is 227 g/mol. The summed E-state index contributed by atoms with van der Waals surface area (Å²) in [4.78, 5) is 0. The Morgan fingerprint density at radius 2 is 1.75 bits per heavy atom. The zero-order valence-corrected chi connectivity index (χ0v) is 11.0. The second-order valence-electron chi connectivity index (χ2n) is 4.21. The highest BCUT2D eigenvalue weighted by Crippen LogP contribution is 2.03. The van der Waals surface area contributed by atoms with Crippen LogP contribution in [0.1, 0.15) is 51.9 Å². The van der Waals surface area contributed by atoms with Gasteiger partial charge in [0.2, 0.25) is 0 Å². The molecule has 0 bridgehead atoms. The lowest BCUT2D eigenvalue weighted by Crippen LogP contribution is -2.21. The highest BCUT2D eigenvalue weighted by molar-refractivity contribution is 4.64. The van der Waals surface area contributed by atoms with E-state index in [9.17, 15) is 0 Å². The van der Waals surface area contributed by atoms with Gasteiger partial charge in [0.1, 0.15) is 0 Å². The summed E-state index contributed by atoms with van der Waals surface area (Å²) in [5.74, 6) is 0. The highest BCUT2D eigenvalue weighted by atomic mass is 16.5. The third-order valence-corrected chi connectivity index (χ3v) is 2.60. The van der Waals surface area contributed by atoms with Crippen molar-refractivity contribution in [3.05, 3.63) is 12.7 Å². The Morgan fingerprint density at radius 1 is 1.00 bits per heavy atom. The standard InChI is InChI=1S/C14H29NO/c1-3-5-7-8-9-10-11-15-12-14-16-13-6-4-2/h4,15H,2-3,5-14H2,1H3. The number of nitrogens with one attached hydrogen (secondary N) is 1. The van der Waals surface area contributed by atoms with Crippen molar-refractivity contribution in [1.82, 2.24) is 5.32 Å². The minimum Gasteiger partial charge on any atom is -0.380 e. The average Bonchev–Trinajstić information content (AvgIpc) is 2.31. The van der Waals surface area contributed by atoms with E-state index in [1.54, 1.807) is 0 Å². The van der Waals surface area contributed by atoms with Crippen LogP contribution in [-0.2, 0) is 4.74 Å². The van der Waals surface area contributed by atoms with E-state index in [1.807, 2.05) is 6.08 Å². The molecule has 1 N–H and O–H groups in total. The van der Waals surface area contributed by atoms with Crippen molar-refractivity contribution in [3.63, 3.8) is 0 Å². The fourth-order valence-electron chi connectivity index (χ4n) is 1.57. The number of unbranched alkanes of at least 4 members (excludes halogenated alkanes) is 5. The fourth-order valence-corrected chi connectivity index (χ4v) is 1.57. The lowest BCUT2D eigenvalue weighted by atomic mass is 10.1. The van der Waals surface area contributed by atoms with Crippen molar-refractivity contribution in [2.75, 3.05) is 26.3 Å². The molecule has 0 unspecified atom stereocenters. The second-order valence-corrected chi connectivity index (χ2v) is 4.21. The molecule has 0 rings (SSSR count). The van der Waals surface area contributed by atoms with E-state index in [0.29, 0.717) is 0 Å². The van der Waals surface area contributed by atoms with Crippen LogP contribution in [0.4, 0.5) is 0 Å². The van der Waals surface area contributed by atoms with Gasteiger partial charge in [0.25, 0.3) is 0 Å². The zero-order chi connectivity index (χ0) is 11.9. The molecule has 0 radical (unpaired) electrons. The van der Waals surface area contributed by atoms with E-state index >= 15 is 0 Å². The molecule has 0 aliphatic heterocycles. The molecule has 2 nitrogen and oxygen atoms in total. The van der Waals surface area contributed by atoms with E-state index in [-0.39, 0.29) is 0 Å². The first kappa shape index (κ1) is 15.7. The molecular formula is C14H29NO. The van der Waals surface area contributed by atoms with Gasteiger partial charge in [0.05, 0.1) is 13.2 Å². The second kappa shape index (κ2) is 14.7. The Balaban J connectivity index is 2.85. The van der Waals surface area contributed by atoms with Crippen molar-refractivity contribution in [1.29, 1.82) is 0 Å². The first-order valence-corrected chi connectivity index (χ1v) is 6.81. The third-order valence-electron chi connectivity index (χ3n) is 2.60. The van der Waals surface area contributed by atoms with Gasteiger partial charge in [0.15, 0.2) is 0 Å². The van der Waals surface area contributed by atoms with E-state index in [0.717, 1.165) is 32.7 Å². The molecule has 0 aromatic heterocycles. The third kappa shape index (κ3) is 13.7. The maximum Gasteiger partial charge on any atom is 0.0591 e. The molecule has 0 atom stereocenters. The van der Waals surface area contributed by atoms with Crippen molar-refractivity contribution >= 4 is 0 Å². The zero-order valence-electron chi connectivity index (χ0n) is 11.0. The summed E-state index contributed by atoms with van der Waals surface area (Å²) in [5, 5.41) is 3.40. The van der Waals surface area contributed by atoms with Crippen molar-refractivity contribution in [2.45, 2.75) is 51.9 Å². The van der Waals surface area contributed by atoms with E-state index in [2.05, 4.69) is 18.8 Å². The van der Waals surface area contributed by atoms with Gasteiger partial charge < -0.3 is 10.1 Å². The number of hydrogen-bond acceptors (Lipinski definition) is 2. The van der Waals surface area contributed by atoms with E-state index in [4.69, 9.17) is 4.74 Å². The summed E-state index contributed by atoms with van der Waals surface area (Å²) < 4.78 is 5.40. The Labute approximate surface area is 101 Å². The van der Waals surface area contributed by atoms with E-state index in [1.165, 1.54) is 38.5 Å². The van der Waals surface area contributed by atoms with Crippen molar-refractivity contribution in [2.24, 2.45) is 0 Å². The highest BCUT2D eigenvalue weighted by Gasteiger charge is 1.90. The Hall–Kier alpha value is -0.340. The maximum absolute atomic E-state index is 5.40. The minimum absolute atomic E-state index is 0.808. The van der Waals surface area contributed by atoms with Crippen LogP contribution in [-0.4, -0.2) is 26.3 Å². The molecular weight excluding hydrogens is 198 g/mol. The van der Waals surface area contributed by atoms with Crippen LogP contribution in [0.5, 0.6) is 0 Å². The van der Waals surface area contributed by atoms with Gasteiger partial charge in [-0.25, -0.2) is 0 Å². The van der Waals surface area contributed by atoms with Gasteiger partial charge in [-0.15, -0.1) is 6.58 Å². The molecule has 2 heteroatoms. The van der Waals surface area contributed by atoms with Crippen LogP contribution in [0.25, 0.3) is 0 Å². The summed E-state index contributed by atoms with van der Waals surface area (Å²) in [6.45, 7) is 9.66. The van der Waals surface area contributed by atoms with Gasteiger partial charge in [-0.05, 0) is 19.4 Å². The predicted molar refractivity (Wildman–Crippen MR) is 71.9 cm³/mol. The van der Waals surface area contributed by atoms with E-state index < -0.39 is 0 Å². The number of hydrogen-bond donors (Lipinski definition) is 1. The molecule has 0 saturated carbocycles. The quantitative estimate of drug-likeness (QED) is 0.384. The summed E-state index contributed by atoms with van der Waals surface area (Å²) in [6.07, 6.45) is 11.0. The first-order chi connectivity index (χ1) is 7.91. The molecule has 0 amide bonds. The molecule has 0 aliphatic carbocycles. The normalized spacial score (nSPS) is 10.6. The van der Waals surface area contributed by atoms with Gasteiger partial charge >= 0.3 is 0 Å². The summed E-state index contributed by atoms with van der Waals surface area (Å²) >= 11 is 0. The monoisotopic (exact) mass is 227 g/mol. The van der Waals surface area contributed by atoms with Gasteiger partial charge in [-0.2, -0.15) is 0 Å². The Kier molecular flexibility index (Phi) is 14.3. The predicted octanol–water partition coefficient (Wildman–Crippen LogP) is 3.53. The summed E-state index contributed by atoms with van der Waals surface area (Å²) in [5.41, 5.74) is 0. The molecule has 96 valence electrons. The molecule has 0 fully saturated rings. The Morgan fingerprint density at radius 3 is 2.50 bits per heavy atom. The first-order valence-electron chi connectivity index (χ1n) is 6.81. The number of ether oxygens (including phenoxy) is 1. The molecule has 0 aromatic rings. The van der Waals surface area contributed by atoms with Crippen LogP contribution in [0, 0.1) is 0 Å². The van der Waals surface area contributed by atoms with Crippen molar-refractivity contribution < 1.29 is 4.74 Å². The fraction of sp³-hybridized carbons (Fsp3) is 0.857. The molecule has 0 spiro atoms. The molecule has 0 aromatic carbocycles. The van der Waals surface area contributed by atoms with Gasteiger partial charge in [-0.1, -0.05) is 45.1 Å². The maximum atomic E-state index is 5.40. The summed E-state index contributed by atoms with van der Waals surface area (Å²) in [6, 6.07) is 0. The van der Waals surface area contributed by atoms with Gasteiger partial charge in [0, 0.05) is 6.54 Å².